The van der Waals surface area contributed by atoms with Gasteiger partial charge in [-0.3, -0.25) is 0 Å². The zero-order valence-electron chi connectivity index (χ0n) is 13.9. The fourth-order valence-corrected chi connectivity index (χ4v) is 4.22. The van der Waals surface area contributed by atoms with Crippen molar-refractivity contribution in [1.82, 2.24) is 15.0 Å². The van der Waals surface area contributed by atoms with Crippen LogP contribution in [0.15, 0.2) is 27.0 Å². The van der Waals surface area contributed by atoms with Gasteiger partial charge in [0.15, 0.2) is 0 Å². The second kappa shape index (κ2) is 6.89. The molecular formula is C14H16ClN7O2S2. The number of thiol groups is 1. The summed E-state index contributed by atoms with van der Waals surface area (Å²) < 4.78 is 27.7. The Morgan fingerprint density at radius 2 is 2.08 bits per heavy atom. The van der Waals surface area contributed by atoms with Crippen LogP contribution in [-0.2, 0) is 10.0 Å². The Bertz CT molecular complexity index is 997. The number of sulfonamides is 1. The Kier molecular flexibility index (Phi) is 4.95. The summed E-state index contributed by atoms with van der Waals surface area (Å²) in [4.78, 5) is 12.1. The van der Waals surface area contributed by atoms with E-state index in [1.54, 1.807) is 18.1 Å². The number of nitrogens with one attached hydrogen (secondary N) is 1. The van der Waals surface area contributed by atoms with Gasteiger partial charge in [-0.2, -0.15) is 20.1 Å². The first-order chi connectivity index (χ1) is 12.2. The first-order valence-electron chi connectivity index (χ1n) is 7.52. The maximum atomic E-state index is 12.7. The van der Waals surface area contributed by atoms with Gasteiger partial charge in [0.1, 0.15) is 4.90 Å². The van der Waals surface area contributed by atoms with Crippen LogP contribution in [0.3, 0.4) is 0 Å². The molecule has 0 aliphatic carbocycles. The van der Waals surface area contributed by atoms with Crippen molar-refractivity contribution in [3.8, 4) is 0 Å². The fourth-order valence-electron chi connectivity index (χ4n) is 2.31. The largest absolute Gasteiger partial charge is 0.368 e. The smallest absolute Gasteiger partial charge is 0.265 e. The molecule has 1 atom stereocenters. The maximum absolute atomic E-state index is 12.7. The number of hydrogen-bond acceptors (Lipinski definition) is 9. The highest BCUT2D eigenvalue weighted by molar-refractivity contribution is 7.93. The van der Waals surface area contributed by atoms with E-state index in [1.165, 1.54) is 12.1 Å². The van der Waals surface area contributed by atoms with Crippen LogP contribution in [-0.4, -0.2) is 35.6 Å². The average molecular weight is 414 g/mol. The van der Waals surface area contributed by atoms with Crippen LogP contribution in [0.1, 0.15) is 18.9 Å². The van der Waals surface area contributed by atoms with Crippen LogP contribution < -0.4 is 15.5 Å². The molecule has 12 heteroatoms. The van der Waals surface area contributed by atoms with Crippen LogP contribution in [0, 0.1) is 6.92 Å². The summed E-state index contributed by atoms with van der Waals surface area (Å²) in [6, 6.07) is 2.91. The molecule has 2 aromatic rings. The van der Waals surface area contributed by atoms with E-state index in [4.69, 9.17) is 17.3 Å². The molecule has 1 aromatic carbocycles. The first-order valence-corrected chi connectivity index (χ1v) is 9.83. The standard InChI is InChI=1S/C14H16ClN7O2S2/c1-7-5-11(10(25)6-9(7)15)26(23,24)21-13-18-12(16)19-14(20-13)22-8(2)3-4-17-22/h4-6,8,25H,3H2,1-2H3,(H3,16,18,19,20,21)/t8-/m0/s1. The number of rotatable bonds is 4. The van der Waals surface area contributed by atoms with Crippen LogP contribution in [0.2, 0.25) is 5.02 Å². The van der Waals surface area contributed by atoms with Crippen molar-refractivity contribution >= 4 is 58.3 Å². The quantitative estimate of drug-likeness (QED) is 0.655. The highest BCUT2D eigenvalue weighted by atomic mass is 35.5. The molecule has 138 valence electrons. The number of hydrogen-bond donors (Lipinski definition) is 3. The third-order valence-electron chi connectivity index (χ3n) is 3.67. The van der Waals surface area contributed by atoms with E-state index in [2.05, 4.69) is 37.4 Å². The molecule has 3 N–H and O–H groups in total. The molecule has 0 fully saturated rings. The number of anilines is 3. The highest BCUT2D eigenvalue weighted by Gasteiger charge is 2.24. The summed E-state index contributed by atoms with van der Waals surface area (Å²) in [6.07, 6.45) is 2.44. The zero-order chi connectivity index (χ0) is 19.1. The van der Waals surface area contributed by atoms with E-state index in [0.29, 0.717) is 10.6 Å². The molecule has 0 radical (unpaired) electrons. The SMILES string of the molecule is Cc1cc(S(=O)(=O)Nc2nc(N)nc(N3N=CC[C@@H]3C)n2)c(S)cc1Cl. The number of halogens is 1. The van der Waals surface area contributed by atoms with Crippen molar-refractivity contribution in [3.63, 3.8) is 0 Å². The molecule has 0 unspecified atom stereocenters. The van der Waals surface area contributed by atoms with Gasteiger partial charge >= 0.3 is 0 Å². The van der Waals surface area contributed by atoms with Crippen molar-refractivity contribution in [2.24, 2.45) is 5.10 Å². The fraction of sp³-hybridized carbons (Fsp3) is 0.286. The first kappa shape index (κ1) is 18.7. The molecule has 1 aliphatic rings. The van der Waals surface area contributed by atoms with Crippen molar-refractivity contribution in [2.45, 2.75) is 36.1 Å². The van der Waals surface area contributed by atoms with E-state index in [0.717, 1.165) is 6.42 Å². The number of nitrogen functional groups attached to an aromatic ring is 1. The lowest BCUT2D eigenvalue weighted by Gasteiger charge is -2.18. The van der Waals surface area contributed by atoms with Gasteiger partial charge in [-0.25, -0.2) is 18.1 Å². The lowest BCUT2D eigenvalue weighted by Crippen LogP contribution is -2.26. The van der Waals surface area contributed by atoms with Gasteiger partial charge < -0.3 is 5.73 Å². The predicted molar refractivity (Wildman–Crippen MR) is 104 cm³/mol. The number of nitrogens with zero attached hydrogens (tertiary/aromatic N) is 5. The normalized spacial score (nSPS) is 16.9. The molecule has 0 spiro atoms. The molecule has 0 amide bonds. The Labute approximate surface area is 161 Å². The molecule has 0 saturated heterocycles. The minimum Gasteiger partial charge on any atom is -0.368 e. The van der Waals surface area contributed by atoms with Crippen molar-refractivity contribution < 1.29 is 8.42 Å². The number of nitrogens with two attached hydrogens (primary N) is 1. The second-order valence-corrected chi connectivity index (χ2v) is 8.26. The summed E-state index contributed by atoms with van der Waals surface area (Å²) >= 11 is 10.2. The molecule has 0 bridgehead atoms. The molecule has 1 aromatic heterocycles. The van der Waals surface area contributed by atoms with Crippen LogP contribution >= 0.6 is 24.2 Å². The Morgan fingerprint density at radius 1 is 1.35 bits per heavy atom. The third-order valence-corrected chi connectivity index (χ3v) is 5.97. The van der Waals surface area contributed by atoms with E-state index in [1.807, 2.05) is 6.92 Å². The van der Waals surface area contributed by atoms with E-state index in [9.17, 15) is 8.42 Å². The predicted octanol–water partition coefficient (Wildman–Crippen LogP) is 2.09. The lowest BCUT2D eigenvalue weighted by atomic mass is 10.2. The molecule has 26 heavy (non-hydrogen) atoms. The molecular weight excluding hydrogens is 398 g/mol. The average Bonchev–Trinajstić information content (AvgIpc) is 2.95. The topological polar surface area (TPSA) is 126 Å². The second-order valence-electron chi connectivity index (χ2n) is 5.72. The third kappa shape index (κ3) is 3.69. The van der Waals surface area contributed by atoms with Crippen LogP contribution in [0.25, 0.3) is 0 Å². The van der Waals surface area contributed by atoms with Gasteiger partial charge in [0, 0.05) is 22.6 Å². The maximum Gasteiger partial charge on any atom is 0.265 e. The summed E-state index contributed by atoms with van der Waals surface area (Å²) in [7, 11) is -4.00. The number of aromatic nitrogens is 3. The number of aryl methyl sites for hydroxylation is 1. The molecule has 9 nitrogen and oxygen atoms in total. The monoisotopic (exact) mass is 413 g/mol. The van der Waals surface area contributed by atoms with Crippen LogP contribution in [0.5, 0.6) is 0 Å². The minimum atomic E-state index is -4.00. The van der Waals surface area contributed by atoms with E-state index >= 15 is 0 Å². The minimum absolute atomic E-state index is 0.0317. The summed E-state index contributed by atoms with van der Waals surface area (Å²) in [5.74, 6) is -0.169. The van der Waals surface area contributed by atoms with Crippen molar-refractivity contribution in [1.29, 1.82) is 0 Å². The number of hydrazone groups is 1. The molecule has 3 rings (SSSR count). The van der Waals surface area contributed by atoms with Gasteiger partial charge in [-0.1, -0.05) is 11.6 Å². The molecule has 0 saturated carbocycles. The summed E-state index contributed by atoms with van der Waals surface area (Å²) in [5, 5.41) is 6.12. The number of benzene rings is 1. The van der Waals surface area contributed by atoms with E-state index < -0.39 is 10.0 Å². The Morgan fingerprint density at radius 3 is 2.73 bits per heavy atom. The van der Waals surface area contributed by atoms with Gasteiger partial charge in [-0.15, -0.1) is 12.6 Å². The van der Waals surface area contributed by atoms with Gasteiger partial charge in [0.2, 0.25) is 11.9 Å². The highest BCUT2D eigenvalue weighted by Crippen LogP contribution is 2.28. The Hall–Kier alpha value is -2.11. The van der Waals surface area contributed by atoms with Crippen molar-refractivity contribution in [2.75, 3.05) is 15.5 Å². The van der Waals surface area contributed by atoms with Crippen LogP contribution in [0.4, 0.5) is 17.8 Å². The van der Waals surface area contributed by atoms with Crippen molar-refractivity contribution in [3.05, 3.63) is 22.7 Å². The van der Waals surface area contributed by atoms with Gasteiger partial charge in [-0.05, 0) is 31.5 Å². The summed E-state index contributed by atoms with van der Waals surface area (Å²) in [5.41, 5.74) is 6.29. The summed E-state index contributed by atoms with van der Waals surface area (Å²) in [6.45, 7) is 3.63. The molecule has 1 aliphatic heterocycles. The zero-order valence-corrected chi connectivity index (χ0v) is 16.3. The van der Waals surface area contributed by atoms with Gasteiger partial charge in [0.25, 0.3) is 16.0 Å². The Balaban J connectivity index is 1.97. The lowest BCUT2D eigenvalue weighted by molar-refractivity contribution is 0.598. The van der Waals surface area contributed by atoms with Gasteiger partial charge in [0.05, 0.1) is 6.04 Å². The van der Waals surface area contributed by atoms with E-state index in [-0.39, 0.29) is 33.7 Å². The molecule has 2 heterocycles.